The number of sulfonamides is 1. The third kappa shape index (κ3) is 4.77. The average Bonchev–Trinajstić information content (AvgIpc) is 3.11. The fraction of sp³-hybridized carbons (Fsp3) is 0.421. The first-order chi connectivity index (χ1) is 12.9. The molecule has 1 fully saturated rings. The van der Waals surface area contributed by atoms with Crippen molar-refractivity contribution in [3.05, 3.63) is 48.4 Å². The van der Waals surface area contributed by atoms with Gasteiger partial charge in [-0.2, -0.15) is 4.31 Å². The van der Waals surface area contributed by atoms with Crippen LogP contribution in [0.1, 0.15) is 24.4 Å². The maximum atomic E-state index is 12.5. The number of benzene rings is 1. The molecule has 27 heavy (non-hydrogen) atoms. The average molecular weight is 392 g/mol. The number of hydrogen-bond donors (Lipinski definition) is 1. The Kier molecular flexibility index (Phi) is 5.98. The predicted octanol–water partition coefficient (Wildman–Crippen LogP) is 2.12. The lowest BCUT2D eigenvalue weighted by Crippen LogP contribution is -2.49. The third-order valence-electron chi connectivity index (χ3n) is 4.38. The number of ether oxygens (including phenoxy) is 1. The molecule has 2 atom stereocenters. The Labute approximate surface area is 159 Å². The Morgan fingerprint density at radius 3 is 2.48 bits per heavy atom. The van der Waals surface area contributed by atoms with Gasteiger partial charge in [0.1, 0.15) is 0 Å². The molecule has 0 bridgehead atoms. The van der Waals surface area contributed by atoms with Crippen LogP contribution in [0, 0.1) is 0 Å². The topological polar surface area (TPSA) is 88.9 Å². The summed E-state index contributed by atoms with van der Waals surface area (Å²) < 4.78 is 37.4. The molecule has 0 radical (unpaired) electrons. The predicted molar refractivity (Wildman–Crippen MR) is 102 cm³/mol. The summed E-state index contributed by atoms with van der Waals surface area (Å²) in [6.45, 7) is 4.37. The molecule has 1 N–H and O–H groups in total. The van der Waals surface area contributed by atoms with Crippen LogP contribution in [0.2, 0.25) is 0 Å². The first-order valence-corrected chi connectivity index (χ1v) is 10.5. The Hall–Kier alpha value is -2.16. The monoisotopic (exact) mass is 392 g/mol. The lowest BCUT2D eigenvalue weighted by atomic mass is 10.1. The Morgan fingerprint density at radius 1 is 1.15 bits per heavy atom. The molecule has 1 aliphatic heterocycles. The van der Waals surface area contributed by atoms with Crippen molar-refractivity contribution in [2.45, 2.75) is 26.1 Å². The van der Waals surface area contributed by atoms with Crippen molar-refractivity contribution in [1.29, 1.82) is 0 Å². The minimum atomic E-state index is -3.47. The van der Waals surface area contributed by atoms with Crippen LogP contribution in [0.15, 0.2) is 47.1 Å². The SMILES string of the molecule is C[C@H]1CN(S(=O)(=O)CCNC(=O)c2occc2-c2ccccc2)C[C@H](C)O1. The lowest BCUT2D eigenvalue weighted by Gasteiger charge is -2.34. The zero-order valence-corrected chi connectivity index (χ0v) is 16.2. The number of rotatable bonds is 6. The van der Waals surface area contributed by atoms with Gasteiger partial charge in [-0.15, -0.1) is 0 Å². The molecule has 146 valence electrons. The molecule has 1 saturated heterocycles. The molecule has 7 nitrogen and oxygen atoms in total. The Balaban J connectivity index is 1.60. The number of nitrogens with zero attached hydrogens (tertiary/aromatic N) is 1. The molecule has 0 unspecified atom stereocenters. The fourth-order valence-corrected chi connectivity index (χ4v) is 4.68. The van der Waals surface area contributed by atoms with Gasteiger partial charge in [0.15, 0.2) is 5.76 Å². The number of hydrogen-bond acceptors (Lipinski definition) is 5. The first-order valence-electron chi connectivity index (χ1n) is 8.91. The lowest BCUT2D eigenvalue weighted by molar-refractivity contribution is -0.0440. The molecule has 1 amide bonds. The largest absolute Gasteiger partial charge is 0.459 e. The summed E-state index contributed by atoms with van der Waals surface area (Å²) in [6.07, 6.45) is 1.16. The van der Waals surface area contributed by atoms with Gasteiger partial charge in [-0.1, -0.05) is 30.3 Å². The van der Waals surface area contributed by atoms with Crippen molar-refractivity contribution >= 4 is 15.9 Å². The summed E-state index contributed by atoms with van der Waals surface area (Å²) in [6, 6.07) is 11.1. The van der Waals surface area contributed by atoms with Crippen LogP contribution in [0.25, 0.3) is 11.1 Å². The van der Waals surface area contributed by atoms with Gasteiger partial charge in [-0.05, 0) is 25.5 Å². The molecular weight excluding hydrogens is 368 g/mol. The van der Waals surface area contributed by atoms with Crippen LogP contribution in [0.3, 0.4) is 0 Å². The van der Waals surface area contributed by atoms with E-state index >= 15 is 0 Å². The van der Waals surface area contributed by atoms with Gasteiger partial charge in [-0.3, -0.25) is 4.79 Å². The van der Waals surface area contributed by atoms with Gasteiger partial charge in [-0.25, -0.2) is 8.42 Å². The molecule has 3 rings (SSSR count). The number of morpholine rings is 1. The normalized spacial score (nSPS) is 21.1. The van der Waals surface area contributed by atoms with Crippen molar-refractivity contribution < 1.29 is 22.4 Å². The van der Waals surface area contributed by atoms with E-state index in [1.807, 2.05) is 44.2 Å². The Morgan fingerprint density at radius 2 is 1.81 bits per heavy atom. The van der Waals surface area contributed by atoms with E-state index in [1.54, 1.807) is 6.07 Å². The highest BCUT2D eigenvalue weighted by atomic mass is 32.2. The van der Waals surface area contributed by atoms with Crippen LogP contribution in [-0.4, -0.2) is 56.2 Å². The second-order valence-electron chi connectivity index (χ2n) is 6.68. The van der Waals surface area contributed by atoms with E-state index < -0.39 is 15.9 Å². The summed E-state index contributed by atoms with van der Waals surface area (Å²) in [7, 11) is -3.47. The van der Waals surface area contributed by atoms with Gasteiger partial charge in [0.25, 0.3) is 5.91 Å². The highest BCUT2D eigenvalue weighted by Gasteiger charge is 2.30. The van der Waals surface area contributed by atoms with E-state index in [1.165, 1.54) is 10.6 Å². The maximum absolute atomic E-state index is 12.5. The van der Waals surface area contributed by atoms with Gasteiger partial charge >= 0.3 is 0 Å². The number of nitrogens with one attached hydrogen (secondary N) is 1. The van der Waals surface area contributed by atoms with E-state index in [4.69, 9.17) is 9.15 Å². The van der Waals surface area contributed by atoms with Gasteiger partial charge in [0.2, 0.25) is 10.0 Å². The molecule has 0 spiro atoms. The van der Waals surface area contributed by atoms with Crippen LogP contribution >= 0.6 is 0 Å². The van der Waals surface area contributed by atoms with Crippen molar-refractivity contribution in [3.63, 3.8) is 0 Å². The molecule has 0 saturated carbocycles. The zero-order chi connectivity index (χ0) is 19.4. The summed E-state index contributed by atoms with van der Waals surface area (Å²) >= 11 is 0. The first kappa shape index (κ1) is 19.6. The van der Waals surface area contributed by atoms with Gasteiger partial charge in [0, 0.05) is 25.2 Å². The molecular formula is C19H24N2O5S. The quantitative estimate of drug-likeness (QED) is 0.813. The standard InChI is InChI=1S/C19H24N2O5S/c1-14-12-21(13-15(2)26-14)27(23,24)11-9-20-19(22)18-17(8-10-25-18)16-6-4-3-5-7-16/h3-8,10,14-15H,9,11-13H2,1-2H3,(H,20,22)/t14-,15-/m0/s1. The zero-order valence-electron chi connectivity index (χ0n) is 15.4. The van der Waals surface area contributed by atoms with Crippen LogP contribution in [0.4, 0.5) is 0 Å². The van der Waals surface area contributed by atoms with Crippen molar-refractivity contribution in [2.24, 2.45) is 0 Å². The van der Waals surface area contributed by atoms with Crippen molar-refractivity contribution in [2.75, 3.05) is 25.4 Å². The third-order valence-corrected chi connectivity index (χ3v) is 6.19. The maximum Gasteiger partial charge on any atom is 0.287 e. The summed E-state index contributed by atoms with van der Waals surface area (Å²) in [5.74, 6) is -0.426. The van der Waals surface area contributed by atoms with Crippen molar-refractivity contribution in [1.82, 2.24) is 9.62 Å². The molecule has 2 aromatic rings. The van der Waals surface area contributed by atoms with E-state index in [2.05, 4.69) is 5.32 Å². The molecule has 1 aromatic carbocycles. The summed E-state index contributed by atoms with van der Waals surface area (Å²) in [5.41, 5.74) is 1.53. The van der Waals surface area contributed by atoms with Gasteiger partial charge < -0.3 is 14.5 Å². The summed E-state index contributed by atoms with van der Waals surface area (Å²) in [5, 5.41) is 2.64. The smallest absolute Gasteiger partial charge is 0.287 e. The minimum Gasteiger partial charge on any atom is -0.459 e. The van der Waals surface area contributed by atoms with Crippen LogP contribution in [-0.2, 0) is 14.8 Å². The number of carbonyl (C=O) groups excluding carboxylic acids is 1. The molecule has 1 aromatic heterocycles. The van der Waals surface area contributed by atoms with E-state index in [0.29, 0.717) is 18.7 Å². The molecule has 0 aliphatic carbocycles. The molecule has 1 aliphatic rings. The number of furan rings is 1. The van der Waals surface area contributed by atoms with E-state index in [0.717, 1.165) is 5.56 Å². The molecule has 8 heteroatoms. The second-order valence-corrected chi connectivity index (χ2v) is 8.76. The van der Waals surface area contributed by atoms with Crippen molar-refractivity contribution in [3.8, 4) is 11.1 Å². The highest BCUT2D eigenvalue weighted by molar-refractivity contribution is 7.89. The number of amides is 1. The minimum absolute atomic E-state index is 0.0101. The molecule has 2 heterocycles. The fourth-order valence-electron chi connectivity index (χ4n) is 3.19. The number of carbonyl (C=O) groups is 1. The summed E-state index contributed by atoms with van der Waals surface area (Å²) in [4.78, 5) is 12.4. The van der Waals surface area contributed by atoms with E-state index in [-0.39, 0.29) is 30.3 Å². The second kappa shape index (κ2) is 8.24. The van der Waals surface area contributed by atoms with Crippen LogP contribution < -0.4 is 5.32 Å². The highest BCUT2D eigenvalue weighted by Crippen LogP contribution is 2.24. The Bertz CT molecular complexity index is 869. The van der Waals surface area contributed by atoms with Gasteiger partial charge in [0.05, 0.1) is 24.2 Å². The van der Waals surface area contributed by atoms with E-state index in [9.17, 15) is 13.2 Å². The van der Waals surface area contributed by atoms with Crippen LogP contribution in [0.5, 0.6) is 0 Å².